The number of nitrogens with zero attached hydrogens (tertiary/aromatic N) is 2. The van der Waals surface area contributed by atoms with Crippen LogP contribution in [0.4, 0.5) is 0 Å². The van der Waals surface area contributed by atoms with E-state index < -0.39 is 0 Å². The number of benzene rings is 1. The van der Waals surface area contributed by atoms with Crippen LogP contribution in [0.1, 0.15) is 19.4 Å². The molecule has 1 fully saturated rings. The topological polar surface area (TPSA) is 67.4 Å². The van der Waals surface area contributed by atoms with Gasteiger partial charge >= 0.3 is 0 Å². The Morgan fingerprint density at radius 3 is 2.59 bits per heavy atom. The molecule has 0 saturated carbocycles. The second kappa shape index (κ2) is 11.4. The fraction of sp³-hybridized carbons (Fsp3) is 0.650. The third kappa shape index (κ3) is 6.77. The number of aliphatic imine (C=N–C) groups is 1. The summed E-state index contributed by atoms with van der Waals surface area (Å²) >= 11 is 6.31. The molecule has 3 rings (SSSR count). The van der Waals surface area contributed by atoms with Gasteiger partial charge < -0.3 is 24.8 Å². The molecule has 7 nitrogen and oxygen atoms in total. The van der Waals surface area contributed by atoms with Crippen LogP contribution >= 0.6 is 35.6 Å². The Kier molecular flexibility index (Phi) is 9.58. The molecule has 2 heterocycles. The van der Waals surface area contributed by atoms with Crippen LogP contribution in [0.5, 0.6) is 11.5 Å². The Labute approximate surface area is 195 Å². The van der Waals surface area contributed by atoms with Crippen molar-refractivity contribution in [1.29, 1.82) is 0 Å². The van der Waals surface area contributed by atoms with Crippen molar-refractivity contribution in [3.8, 4) is 11.5 Å². The lowest BCUT2D eigenvalue weighted by molar-refractivity contribution is -0.00833. The lowest BCUT2D eigenvalue weighted by Gasteiger charge is -2.41. The molecule has 2 aliphatic heterocycles. The van der Waals surface area contributed by atoms with Crippen molar-refractivity contribution >= 4 is 41.5 Å². The molecule has 0 radical (unpaired) electrons. The van der Waals surface area contributed by atoms with Crippen molar-refractivity contribution in [1.82, 2.24) is 15.5 Å². The highest BCUT2D eigenvalue weighted by Crippen LogP contribution is 2.38. The van der Waals surface area contributed by atoms with E-state index >= 15 is 0 Å². The first-order valence-electron chi connectivity index (χ1n) is 9.85. The molecule has 0 amide bonds. The van der Waals surface area contributed by atoms with Crippen molar-refractivity contribution in [2.24, 2.45) is 4.99 Å². The fourth-order valence-electron chi connectivity index (χ4n) is 3.43. The number of ether oxygens (including phenoxy) is 3. The Morgan fingerprint density at radius 2 is 1.86 bits per heavy atom. The lowest BCUT2D eigenvalue weighted by Crippen LogP contribution is -2.56. The SMILES string of the molecule is CN=C(NCCc1cc(Cl)c2c(c1)OCCO2)NCC(C)(C)N1CCOCC1.I. The van der Waals surface area contributed by atoms with E-state index in [2.05, 4.69) is 34.4 Å². The van der Waals surface area contributed by atoms with Crippen LogP contribution in [-0.2, 0) is 11.2 Å². The van der Waals surface area contributed by atoms with Gasteiger partial charge in [-0.25, -0.2) is 0 Å². The number of morpholine rings is 1. The lowest BCUT2D eigenvalue weighted by atomic mass is 10.0. The number of hydrogen-bond acceptors (Lipinski definition) is 5. The molecule has 0 spiro atoms. The predicted molar refractivity (Wildman–Crippen MR) is 127 cm³/mol. The summed E-state index contributed by atoms with van der Waals surface area (Å²) < 4.78 is 16.7. The molecule has 2 aliphatic rings. The minimum Gasteiger partial charge on any atom is -0.486 e. The second-order valence-corrected chi connectivity index (χ2v) is 8.02. The van der Waals surface area contributed by atoms with E-state index in [0.717, 1.165) is 63.1 Å². The van der Waals surface area contributed by atoms with Crippen LogP contribution in [0.3, 0.4) is 0 Å². The van der Waals surface area contributed by atoms with Crippen molar-refractivity contribution < 1.29 is 14.2 Å². The van der Waals surface area contributed by atoms with Gasteiger partial charge in [-0.15, -0.1) is 24.0 Å². The van der Waals surface area contributed by atoms with Crippen LogP contribution in [0.25, 0.3) is 0 Å². The van der Waals surface area contributed by atoms with Crippen LogP contribution in [0, 0.1) is 0 Å². The van der Waals surface area contributed by atoms with Crippen LogP contribution < -0.4 is 20.1 Å². The summed E-state index contributed by atoms with van der Waals surface area (Å²) in [4.78, 5) is 6.79. The largest absolute Gasteiger partial charge is 0.486 e. The van der Waals surface area contributed by atoms with Gasteiger partial charge in [-0.1, -0.05) is 11.6 Å². The molecule has 29 heavy (non-hydrogen) atoms. The first-order chi connectivity index (χ1) is 13.5. The number of fused-ring (bicyclic) bond motifs is 1. The highest BCUT2D eigenvalue weighted by molar-refractivity contribution is 14.0. The Balaban J connectivity index is 0.00000300. The first-order valence-corrected chi connectivity index (χ1v) is 10.2. The van der Waals surface area contributed by atoms with E-state index in [9.17, 15) is 0 Å². The van der Waals surface area contributed by atoms with Gasteiger partial charge in [-0.3, -0.25) is 9.89 Å². The van der Waals surface area contributed by atoms with Gasteiger partial charge in [0.25, 0.3) is 0 Å². The molecule has 0 aliphatic carbocycles. The highest BCUT2D eigenvalue weighted by atomic mass is 127. The van der Waals surface area contributed by atoms with Crippen molar-refractivity contribution in [3.05, 3.63) is 22.7 Å². The maximum atomic E-state index is 6.31. The fourth-order valence-corrected chi connectivity index (χ4v) is 3.72. The normalized spacial score (nSPS) is 17.4. The van der Waals surface area contributed by atoms with Crippen molar-refractivity contribution in [2.75, 3.05) is 59.7 Å². The van der Waals surface area contributed by atoms with Gasteiger partial charge in [0, 0.05) is 38.8 Å². The monoisotopic (exact) mass is 538 g/mol. The van der Waals surface area contributed by atoms with E-state index in [1.165, 1.54) is 0 Å². The third-order valence-electron chi connectivity index (χ3n) is 5.14. The van der Waals surface area contributed by atoms with Gasteiger partial charge in [0.15, 0.2) is 17.5 Å². The molecular weight excluding hydrogens is 507 g/mol. The van der Waals surface area contributed by atoms with E-state index in [-0.39, 0.29) is 29.5 Å². The quantitative estimate of drug-likeness (QED) is 0.330. The summed E-state index contributed by atoms with van der Waals surface area (Å²) in [5.74, 6) is 2.17. The zero-order valence-electron chi connectivity index (χ0n) is 17.4. The molecule has 9 heteroatoms. The number of rotatable bonds is 6. The summed E-state index contributed by atoms with van der Waals surface area (Å²) in [5.41, 5.74) is 1.14. The van der Waals surface area contributed by atoms with Gasteiger partial charge in [0.1, 0.15) is 13.2 Å². The van der Waals surface area contributed by atoms with Gasteiger partial charge in [-0.05, 0) is 38.0 Å². The third-order valence-corrected chi connectivity index (χ3v) is 5.42. The average molecular weight is 539 g/mol. The first kappa shape index (κ1) is 24.3. The number of halogens is 2. The standard InChI is InChI=1S/C20H31ClN4O3.HI/c1-20(2,25-6-8-26-9-7-25)14-24-19(22-3)23-5-4-15-12-16(21)18-17(13-15)27-10-11-28-18;/h12-13H,4-11,14H2,1-3H3,(H2,22,23,24);1H. The molecule has 0 atom stereocenters. The van der Waals surface area contributed by atoms with Crippen LogP contribution in [0.15, 0.2) is 17.1 Å². The summed E-state index contributed by atoms with van der Waals surface area (Å²) in [7, 11) is 1.79. The van der Waals surface area contributed by atoms with E-state index in [1.54, 1.807) is 7.05 Å². The zero-order chi connectivity index (χ0) is 20.0. The minimum absolute atomic E-state index is 0. The second-order valence-electron chi connectivity index (χ2n) is 7.62. The molecule has 0 aromatic heterocycles. The Hall–Kier alpha value is -0.970. The average Bonchev–Trinajstić information content (AvgIpc) is 2.71. The molecule has 164 valence electrons. The Bertz CT molecular complexity index is 697. The molecule has 1 aromatic rings. The predicted octanol–water partition coefficient (Wildman–Crippen LogP) is 2.55. The van der Waals surface area contributed by atoms with Gasteiger partial charge in [0.05, 0.1) is 18.2 Å². The number of nitrogens with one attached hydrogen (secondary N) is 2. The molecule has 0 bridgehead atoms. The number of guanidine groups is 1. The van der Waals surface area contributed by atoms with Gasteiger partial charge in [-0.2, -0.15) is 0 Å². The molecule has 1 saturated heterocycles. The van der Waals surface area contributed by atoms with Crippen LogP contribution in [-0.4, -0.2) is 76.1 Å². The number of hydrogen-bond donors (Lipinski definition) is 2. The smallest absolute Gasteiger partial charge is 0.191 e. The molecule has 2 N–H and O–H groups in total. The van der Waals surface area contributed by atoms with E-state index in [4.69, 9.17) is 25.8 Å². The summed E-state index contributed by atoms with van der Waals surface area (Å²) in [5, 5.41) is 7.41. The molecule has 0 unspecified atom stereocenters. The Morgan fingerprint density at radius 1 is 1.14 bits per heavy atom. The van der Waals surface area contributed by atoms with Crippen LogP contribution in [0.2, 0.25) is 5.02 Å². The maximum absolute atomic E-state index is 6.31. The van der Waals surface area contributed by atoms with Crippen molar-refractivity contribution in [2.45, 2.75) is 25.8 Å². The van der Waals surface area contributed by atoms with E-state index in [0.29, 0.717) is 24.0 Å². The van der Waals surface area contributed by atoms with Crippen molar-refractivity contribution in [3.63, 3.8) is 0 Å². The van der Waals surface area contributed by atoms with Gasteiger partial charge in [0.2, 0.25) is 0 Å². The summed E-state index contributed by atoms with van der Waals surface area (Å²) in [6.45, 7) is 10.7. The minimum atomic E-state index is 0. The molecular formula is C20H32ClIN4O3. The summed E-state index contributed by atoms with van der Waals surface area (Å²) in [6, 6.07) is 3.94. The maximum Gasteiger partial charge on any atom is 0.191 e. The zero-order valence-corrected chi connectivity index (χ0v) is 20.5. The van der Waals surface area contributed by atoms with E-state index in [1.807, 2.05) is 12.1 Å². The molecule has 1 aromatic carbocycles. The summed E-state index contributed by atoms with van der Waals surface area (Å²) in [6.07, 6.45) is 0.809. The highest BCUT2D eigenvalue weighted by Gasteiger charge is 2.28.